The molecule has 1 aliphatic carbocycles. The quantitative estimate of drug-likeness (QED) is 0.692. The molecule has 1 nitrogen and oxygen atoms in total. The van der Waals surface area contributed by atoms with Crippen molar-refractivity contribution in [2.24, 2.45) is 0 Å². The molecule has 1 saturated carbocycles. The molecule has 2 rings (SSSR count). The van der Waals surface area contributed by atoms with Gasteiger partial charge in [-0.25, -0.2) is 4.98 Å². The van der Waals surface area contributed by atoms with Crippen molar-refractivity contribution in [2.45, 2.75) is 77.0 Å². The van der Waals surface area contributed by atoms with Crippen LogP contribution in [0.25, 0.3) is 0 Å². The summed E-state index contributed by atoms with van der Waals surface area (Å²) in [5, 5.41) is 3.71. The highest BCUT2D eigenvalue weighted by molar-refractivity contribution is 7.09. The predicted molar refractivity (Wildman–Crippen MR) is 75.9 cm³/mol. The summed E-state index contributed by atoms with van der Waals surface area (Å²) in [5.74, 6) is 1.40. The molecule has 2 heteroatoms. The van der Waals surface area contributed by atoms with Gasteiger partial charge in [0.15, 0.2) is 0 Å². The molecule has 1 heterocycles. The maximum atomic E-state index is 4.90. The second-order valence-electron chi connectivity index (χ2n) is 5.46. The van der Waals surface area contributed by atoms with Crippen molar-refractivity contribution in [1.82, 2.24) is 4.98 Å². The van der Waals surface area contributed by atoms with Crippen molar-refractivity contribution >= 4 is 11.3 Å². The van der Waals surface area contributed by atoms with E-state index in [1.165, 1.54) is 62.1 Å². The molecule has 1 atom stereocenters. The number of hydrogen-bond acceptors (Lipinski definition) is 2. The van der Waals surface area contributed by atoms with Crippen LogP contribution in [0.1, 0.15) is 87.8 Å². The van der Waals surface area contributed by atoms with Crippen LogP contribution < -0.4 is 0 Å². The Morgan fingerprint density at radius 1 is 1.24 bits per heavy atom. The van der Waals surface area contributed by atoms with Gasteiger partial charge in [0, 0.05) is 11.3 Å². The molecule has 0 aromatic carbocycles. The lowest BCUT2D eigenvalue weighted by Crippen LogP contribution is -2.02. The summed E-state index contributed by atoms with van der Waals surface area (Å²) in [5.41, 5.74) is 1.33. The molecule has 1 aromatic rings. The van der Waals surface area contributed by atoms with E-state index in [-0.39, 0.29) is 0 Å². The second kappa shape index (κ2) is 6.53. The fourth-order valence-electron chi connectivity index (χ4n) is 2.63. The third-order valence-electron chi connectivity index (χ3n) is 4.11. The van der Waals surface area contributed by atoms with E-state index in [1.54, 1.807) is 0 Å². The average molecular weight is 251 g/mol. The van der Waals surface area contributed by atoms with Crippen molar-refractivity contribution in [3.05, 3.63) is 16.1 Å². The van der Waals surface area contributed by atoms with E-state index in [1.807, 2.05) is 11.3 Å². The summed E-state index contributed by atoms with van der Waals surface area (Å²) >= 11 is 1.90. The van der Waals surface area contributed by atoms with Gasteiger partial charge >= 0.3 is 0 Å². The third-order valence-corrected chi connectivity index (χ3v) is 5.14. The van der Waals surface area contributed by atoms with Gasteiger partial charge in [-0.1, -0.05) is 46.0 Å². The van der Waals surface area contributed by atoms with Crippen LogP contribution in [0.2, 0.25) is 0 Å². The van der Waals surface area contributed by atoms with Crippen molar-refractivity contribution in [2.75, 3.05) is 0 Å². The van der Waals surface area contributed by atoms with Crippen molar-refractivity contribution in [1.29, 1.82) is 0 Å². The standard InChI is InChI=1S/C15H25NS/c1-3-12(2)14-11-17-15(16-14)13-9-7-5-4-6-8-10-13/h11-13H,3-10H2,1-2H3. The fraction of sp³-hybridized carbons (Fsp3) is 0.800. The van der Waals surface area contributed by atoms with Gasteiger partial charge in [0.1, 0.15) is 0 Å². The summed E-state index contributed by atoms with van der Waals surface area (Å²) in [6.45, 7) is 4.54. The summed E-state index contributed by atoms with van der Waals surface area (Å²) < 4.78 is 0. The lowest BCUT2D eigenvalue weighted by atomic mass is 9.91. The molecular formula is C15H25NS. The largest absolute Gasteiger partial charge is 0.246 e. The molecule has 1 unspecified atom stereocenters. The number of nitrogens with zero attached hydrogens (tertiary/aromatic N) is 1. The molecular weight excluding hydrogens is 226 g/mol. The second-order valence-corrected chi connectivity index (χ2v) is 6.35. The van der Waals surface area contributed by atoms with E-state index in [0.29, 0.717) is 5.92 Å². The summed E-state index contributed by atoms with van der Waals surface area (Å²) in [7, 11) is 0. The summed E-state index contributed by atoms with van der Waals surface area (Å²) in [6, 6.07) is 0. The maximum Gasteiger partial charge on any atom is 0.0959 e. The van der Waals surface area contributed by atoms with Crippen molar-refractivity contribution in [3.63, 3.8) is 0 Å². The topological polar surface area (TPSA) is 12.9 Å². The van der Waals surface area contributed by atoms with Gasteiger partial charge in [-0.2, -0.15) is 0 Å². The highest BCUT2D eigenvalue weighted by Crippen LogP contribution is 2.34. The number of rotatable bonds is 3. The predicted octanol–water partition coefficient (Wildman–Crippen LogP) is 5.48. The zero-order chi connectivity index (χ0) is 12.1. The Hall–Kier alpha value is -0.370. The Morgan fingerprint density at radius 3 is 2.53 bits per heavy atom. The van der Waals surface area contributed by atoms with Gasteiger partial charge in [-0.05, 0) is 25.2 Å². The zero-order valence-corrected chi connectivity index (χ0v) is 12.1. The van der Waals surface area contributed by atoms with Crippen LogP contribution in [-0.4, -0.2) is 4.98 Å². The Balaban J connectivity index is 2.01. The van der Waals surface area contributed by atoms with E-state index >= 15 is 0 Å². The monoisotopic (exact) mass is 251 g/mol. The van der Waals surface area contributed by atoms with Crippen LogP contribution in [0, 0.1) is 0 Å². The van der Waals surface area contributed by atoms with Gasteiger partial charge in [0.05, 0.1) is 10.7 Å². The average Bonchev–Trinajstić information content (AvgIpc) is 2.77. The van der Waals surface area contributed by atoms with Crippen LogP contribution in [0.15, 0.2) is 5.38 Å². The first-order valence-corrected chi connectivity index (χ1v) is 8.14. The summed E-state index contributed by atoms with van der Waals surface area (Å²) in [4.78, 5) is 4.90. The minimum absolute atomic E-state index is 0.633. The smallest absolute Gasteiger partial charge is 0.0959 e. The number of aromatic nitrogens is 1. The number of thiazole rings is 1. The molecule has 0 amide bonds. The Labute approximate surface area is 110 Å². The molecule has 0 aliphatic heterocycles. The molecule has 0 bridgehead atoms. The van der Waals surface area contributed by atoms with Crippen LogP contribution in [0.4, 0.5) is 0 Å². The van der Waals surface area contributed by atoms with E-state index < -0.39 is 0 Å². The summed E-state index contributed by atoms with van der Waals surface area (Å²) in [6.07, 6.45) is 11.1. The van der Waals surface area contributed by atoms with Gasteiger partial charge in [-0.15, -0.1) is 11.3 Å². The molecule has 1 fully saturated rings. The Morgan fingerprint density at radius 2 is 1.88 bits per heavy atom. The first-order valence-electron chi connectivity index (χ1n) is 7.26. The minimum atomic E-state index is 0.633. The molecule has 0 saturated heterocycles. The molecule has 0 radical (unpaired) electrons. The normalized spacial score (nSPS) is 20.8. The van der Waals surface area contributed by atoms with Crippen LogP contribution in [-0.2, 0) is 0 Å². The molecule has 17 heavy (non-hydrogen) atoms. The lowest BCUT2D eigenvalue weighted by molar-refractivity contribution is 0.453. The number of hydrogen-bond donors (Lipinski definition) is 0. The molecule has 0 N–H and O–H groups in total. The molecule has 96 valence electrons. The van der Waals surface area contributed by atoms with E-state index in [9.17, 15) is 0 Å². The van der Waals surface area contributed by atoms with Crippen LogP contribution in [0.3, 0.4) is 0 Å². The zero-order valence-electron chi connectivity index (χ0n) is 11.2. The highest BCUT2D eigenvalue weighted by Gasteiger charge is 2.18. The van der Waals surface area contributed by atoms with Gasteiger partial charge < -0.3 is 0 Å². The highest BCUT2D eigenvalue weighted by atomic mass is 32.1. The van der Waals surface area contributed by atoms with Crippen molar-refractivity contribution < 1.29 is 0 Å². The maximum absolute atomic E-state index is 4.90. The molecule has 0 spiro atoms. The van der Waals surface area contributed by atoms with Gasteiger partial charge in [-0.3, -0.25) is 0 Å². The van der Waals surface area contributed by atoms with E-state index in [4.69, 9.17) is 4.98 Å². The minimum Gasteiger partial charge on any atom is -0.246 e. The third kappa shape index (κ3) is 3.54. The first kappa shape index (κ1) is 13.1. The van der Waals surface area contributed by atoms with Crippen LogP contribution in [0.5, 0.6) is 0 Å². The first-order chi connectivity index (χ1) is 8.31. The van der Waals surface area contributed by atoms with E-state index in [0.717, 1.165) is 5.92 Å². The lowest BCUT2D eigenvalue weighted by Gasteiger charge is -2.17. The fourth-order valence-corrected chi connectivity index (χ4v) is 3.74. The molecule has 1 aromatic heterocycles. The van der Waals surface area contributed by atoms with E-state index in [2.05, 4.69) is 19.2 Å². The van der Waals surface area contributed by atoms with Crippen LogP contribution >= 0.6 is 11.3 Å². The van der Waals surface area contributed by atoms with Crippen molar-refractivity contribution in [3.8, 4) is 0 Å². The Kier molecular flexibility index (Phi) is 5.02. The van der Waals surface area contributed by atoms with Gasteiger partial charge in [0.2, 0.25) is 0 Å². The SMILES string of the molecule is CCC(C)c1csc(C2CCCCCCC2)n1. The Bertz CT molecular complexity index is 323. The van der Waals surface area contributed by atoms with Gasteiger partial charge in [0.25, 0.3) is 0 Å². The molecule has 1 aliphatic rings.